The maximum absolute atomic E-state index is 5.34. The van der Waals surface area contributed by atoms with Crippen molar-refractivity contribution in [1.29, 1.82) is 0 Å². The van der Waals surface area contributed by atoms with E-state index in [1.165, 1.54) is 24.8 Å². The molecule has 3 nitrogen and oxygen atoms in total. The minimum Gasteiger partial charge on any atom is -0.493 e. The quantitative estimate of drug-likeness (QED) is 0.835. The van der Waals surface area contributed by atoms with Gasteiger partial charge in [-0.15, -0.1) is 0 Å². The highest BCUT2D eigenvalue weighted by Crippen LogP contribution is 2.36. The molecule has 0 saturated heterocycles. The summed E-state index contributed by atoms with van der Waals surface area (Å²) in [6.07, 6.45) is 4.06. The number of aryl methyl sites for hydroxylation is 1. The highest BCUT2D eigenvalue weighted by molar-refractivity contribution is 5.60. The van der Waals surface area contributed by atoms with Gasteiger partial charge in [0.1, 0.15) is 0 Å². The zero-order chi connectivity index (χ0) is 13.1. The molecule has 1 aromatic rings. The fraction of sp³-hybridized carbons (Fsp3) is 0.600. The number of hydrogen-bond donors (Lipinski definition) is 1. The third-order valence-electron chi connectivity index (χ3n) is 3.52. The molecule has 2 rings (SSSR count). The maximum atomic E-state index is 5.34. The van der Waals surface area contributed by atoms with Crippen LogP contribution >= 0.6 is 0 Å². The Labute approximate surface area is 109 Å². The topological polar surface area (TPSA) is 30.5 Å². The zero-order valence-corrected chi connectivity index (χ0v) is 11.7. The Morgan fingerprint density at radius 2 is 1.83 bits per heavy atom. The van der Waals surface area contributed by atoms with Gasteiger partial charge in [0.2, 0.25) is 0 Å². The number of nitrogens with one attached hydrogen (secondary N) is 1. The Kier molecular flexibility index (Phi) is 4.00. The maximum Gasteiger partial charge on any atom is 0.162 e. The van der Waals surface area contributed by atoms with Crippen LogP contribution in [-0.2, 0) is 0 Å². The second-order valence-electron chi connectivity index (χ2n) is 5.25. The molecule has 0 aromatic heterocycles. The van der Waals surface area contributed by atoms with Crippen LogP contribution in [0.25, 0.3) is 0 Å². The first kappa shape index (κ1) is 13.1. The highest BCUT2D eigenvalue weighted by atomic mass is 16.5. The molecule has 0 radical (unpaired) electrons. The third kappa shape index (κ3) is 3.09. The molecule has 1 N–H and O–H groups in total. The molecule has 1 atom stereocenters. The summed E-state index contributed by atoms with van der Waals surface area (Å²) in [4.78, 5) is 0. The predicted molar refractivity (Wildman–Crippen MR) is 74.7 cm³/mol. The van der Waals surface area contributed by atoms with E-state index in [0.717, 1.165) is 23.1 Å². The van der Waals surface area contributed by atoms with Gasteiger partial charge in [0, 0.05) is 17.8 Å². The lowest BCUT2D eigenvalue weighted by molar-refractivity contribution is 0.355. The number of methoxy groups -OCH3 is 2. The van der Waals surface area contributed by atoms with Crippen molar-refractivity contribution in [3.8, 4) is 11.5 Å². The van der Waals surface area contributed by atoms with Gasteiger partial charge in [-0.05, 0) is 37.8 Å². The van der Waals surface area contributed by atoms with Crippen LogP contribution in [0.3, 0.4) is 0 Å². The van der Waals surface area contributed by atoms with Gasteiger partial charge in [-0.1, -0.05) is 12.8 Å². The lowest BCUT2D eigenvalue weighted by atomic mass is 10.1. The van der Waals surface area contributed by atoms with Gasteiger partial charge in [0.15, 0.2) is 11.5 Å². The first-order valence-electron chi connectivity index (χ1n) is 6.63. The lowest BCUT2D eigenvalue weighted by Crippen LogP contribution is -2.16. The first-order chi connectivity index (χ1) is 8.63. The van der Waals surface area contributed by atoms with Crippen molar-refractivity contribution >= 4 is 5.69 Å². The van der Waals surface area contributed by atoms with E-state index < -0.39 is 0 Å². The molecule has 1 aliphatic carbocycles. The summed E-state index contributed by atoms with van der Waals surface area (Å²) < 4.78 is 10.6. The molecule has 1 saturated carbocycles. The molecular formula is C15H23NO2. The number of benzene rings is 1. The average molecular weight is 249 g/mol. The van der Waals surface area contributed by atoms with Crippen LogP contribution in [0.5, 0.6) is 11.5 Å². The SMILES string of the molecule is COc1cc(C)c(NC(C)CC2CC2)cc1OC. The molecule has 1 aromatic carbocycles. The molecule has 0 aliphatic heterocycles. The van der Waals surface area contributed by atoms with E-state index in [-0.39, 0.29) is 0 Å². The molecular weight excluding hydrogens is 226 g/mol. The normalized spacial score (nSPS) is 16.2. The summed E-state index contributed by atoms with van der Waals surface area (Å²) in [6.45, 7) is 4.34. The number of hydrogen-bond acceptors (Lipinski definition) is 3. The van der Waals surface area contributed by atoms with Gasteiger partial charge in [0.25, 0.3) is 0 Å². The van der Waals surface area contributed by atoms with E-state index in [9.17, 15) is 0 Å². The Morgan fingerprint density at radius 3 is 2.39 bits per heavy atom. The largest absolute Gasteiger partial charge is 0.493 e. The summed E-state index contributed by atoms with van der Waals surface area (Å²) in [5.41, 5.74) is 2.33. The van der Waals surface area contributed by atoms with E-state index in [2.05, 4.69) is 19.2 Å². The summed E-state index contributed by atoms with van der Waals surface area (Å²) in [6, 6.07) is 4.55. The minimum absolute atomic E-state index is 0.509. The van der Waals surface area contributed by atoms with Gasteiger partial charge in [-0.3, -0.25) is 0 Å². The van der Waals surface area contributed by atoms with Gasteiger partial charge in [-0.25, -0.2) is 0 Å². The Morgan fingerprint density at radius 1 is 1.22 bits per heavy atom. The fourth-order valence-electron chi connectivity index (χ4n) is 2.31. The molecule has 18 heavy (non-hydrogen) atoms. The van der Waals surface area contributed by atoms with Gasteiger partial charge in [-0.2, -0.15) is 0 Å². The number of anilines is 1. The van der Waals surface area contributed by atoms with Crippen molar-refractivity contribution in [2.75, 3.05) is 19.5 Å². The van der Waals surface area contributed by atoms with Crippen molar-refractivity contribution in [2.45, 2.75) is 39.2 Å². The molecule has 0 amide bonds. The minimum atomic E-state index is 0.509. The van der Waals surface area contributed by atoms with Crippen LogP contribution in [0, 0.1) is 12.8 Å². The lowest BCUT2D eigenvalue weighted by Gasteiger charge is -2.19. The van der Waals surface area contributed by atoms with Crippen LogP contribution in [0.15, 0.2) is 12.1 Å². The van der Waals surface area contributed by atoms with Crippen molar-refractivity contribution in [1.82, 2.24) is 0 Å². The van der Waals surface area contributed by atoms with Crippen LogP contribution in [0.1, 0.15) is 31.7 Å². The molecule has 3 heteroatoms. The third-order valence-corrected chi connectivity index (χ3v) is 3.52. The molecule has 1 unspecified atom stereocenters. The Balaban J connectivity index is 2.10. The van der Waals surface area contributed by atoms with Crippen LogP contribution in [-0.4, -0.2) is 20.3 Å². The summed E-state index contributed by atoms with van der Waals surface area (Å²) in [7, 11) is 3.34. The second kappa shape index (κ2) is 5.51. The van der Waals surface area contributed by atoms with Gasteiger partial charge in [0.05, 0.1) is 14.2 Å². The molecule has 1 fully saturated rings. The smallest absolute Gasteiger partial charge is 0.162 e. The van der Waals surface area contributed by atoms with E-state index in [1.54, 1.807) is 14.2 Å². The van der Waals surface area contributed by atoms with Crippen LogP contribution < -0.4 is 14.8 Å². The zero-order valence-electron chi connectivity index (χ0n) is 11.7. The van der Waals surface area contributed by atoms with Crippen LogP contribution in [0.2, 0.25) is 0 Å². The molecule has 0 spiro atoms. The fourth-order valence-corrected chi connectivity index (χ4v) is 2.31. The van der Waals surface area contributed by atoms with Crippen LogP contribution in [0.4, 0.5) is 5.69 Å². The Bertz CT molecular complexity index is 413. The summed E-state index contributed by atoms with van der Waals surface area (Å²) >= 11 is 0. The average Bonchev–Trinajstić information content (AvgIpc) is 3.14. The number of rotatable bonds is 6. The monoisotopic (exact) mass is 249 g/mol. The Hall–Kier alpha value is -1.38. The summed E-state index contributed by atoms with van der Waals surface area (Å²) in [5.74, 6) is 2.51. The molecule has 1 aliphatic rings. The van der Waals surface area contributed by atoms with E-state index in [1.807, 2.05) is 12.1 Å². The first-order valence-corrected chi connectivity index (χ1v) is 6.63. The van der Waals surface area contributed by atoms with E-state index >= 15 is 0 Å². The number of ether oxygens (including phenoxy) is 2. The van der Waals surface area contributed by atoms with Crippen molar-refractivity contribution < 1.29 is 9.47 Å². The van der Waals surface area contributed by atoms with Gasteiger partial charge >= 0.3 is 0 Å². The van der Waals surface area contributed by atoms with Crippen molar-refractivity contribution in [2.24, 2.45) is 5.92 Å². The van der Waals surface area contributed by atoms with E-state index in [0.29, 0.717) is 6.04 Å². The molecule has 100 valence electrons. The highest BCUT2D eigenvalue weighted by Gasteiger charge is 2.23. The second-order valence-corrected chi connectivity index (χ2v) is 5.25. The van der Waals surface area contributed by atoms with Crippen molar-refractivity contribution in [3.05, 3.63) is 17.7 Å². The molecule has 0 bridgehead atoms. The molecule has 0 heterocycles. The standard InChI is InChI=1S/C15H23NO2/c1-10-7-14(17-3)15(18-4)9-13(10)16-11(2)8-12-5-6-12/h7,9,11-12,16H,5-6,8H2,1-4H3. The summed E-state index contributed by atoms with van der Waals surface area (Å²) in [5, 5.41) is 3.57. The predicted octanol–water partition coefficient (Wildman–Crippen LogP) is 3.61. The van der Waals surface area contributed by atoms with Gasteiger partial charge < -0.3 is 14.8 Å². The van der Waals surface area contributed by atoms with E-state index in [4.69, 9.17) is 9.47 Å². The van der Waals surface area contributed by atoms with Crippen molar-refractivity contribution in [3.63, 3.8) is 0 Å².